The van der Waals surface area contributed by atoms with Crippen LogP contribution in [0, 0.1) is 5.82 Å². The van der Waals surface area contributed by atoms with Crippen LogP contribution in [0.5, 0.6) is 5.75 Å². The Balaban J connectivity index is 1.41. The van der Waals surface area contributed by atoms with Gasteiger partial charge in [0.2, 0.25) is 0 Å². The Labute approximate surface area is 261 Å². The van der Waals surface area contributed by atoms with Gasteiger partial charge in [0.05, 0.1) is 17.0 Å². The molecule has 1 fully saturated rings. The van der Waals surface area contributed by atoms with Crippen molar-refractivity contribution in [3.05, 3.63) is 77.5 Å². The highest BCUT2D eigenvalue weighted by Crippen LogP contribution is 2.54. The van der Waals surface area contributed by atoms with E-state index in [2.05, 4.69) is 48.8 Å². The van der Waals surface area contributed by atoms with Gasteiger partial charge in [0, 0.05) is 60.1 Å². The lowest BCUT2D eigenvalue weighted by molar-refractivity contribution is -0.171. The van der Waals surface area contributed by atoms with Gasteiger partial charge in [-0.25, -0.2) is 19.3 Å². The number of ether oxygens (including phenoxy) is 1. The molecule has 2 atom stereocenters. The van der Waals surface area contributed by atoms with E-state index in [-0.39, 0.29) is 28.4 Å². The SMILES string of the molecule is CC1(O)CC(O[Si](C)(C)C(C)(C)C)(c2ncc(-c3cn4c5c(nc4cc3F)C(C)(O)C[C@@H]5c3ccccc3OC(F)F)cn2)C1. The Hall–Kier alpha value is -3.32. The van der Waals surface area contributed by atoms with E-state index in [1.54, 1.807) is 55.0 Å². The number of hydrogen-bond donors (Lipinski definition) is 2. The lowest BCUT2D eigenvalue weighted by atomic mass is 9.68. The smallest absolute Gasteiger partial charge is 0.387 e. The maximum atomic E-state index is 15.6. The van der Waals surface area contributed by atoms with E-state index in [0.717, 1.165) is 0 Å². The third-order valence-corrected chi connectivity index (χ3v) is 14.2. The van der Waals surface area contributed by atoms with Crippen molar-refractivity contribution in [1.82, 2.24) is 19.4 Å². The zero-order chi connectivity index (χ0) is 32.7. The van der Waals surface area contributed by atoms with Crippen molar-refractivity contribution in [3.63, 3.8) is 0 Å². The molecular weight excluding hydrogens is 601 g/mol. The number of halogens is 3. The summed E-state index contributed by atoms with van der Waals surface area (Å²) in [6.45, 7) is 11.1. The number of alkyl halides is 2. The average molecular weight is 641 g/mol. The van der Waals surface area contributed by atoms with E-state index >= 15 is 4.39 Å². The Morgan fingerprint density at radius 3 is 2.31 bits per heavy atom. The normalized spacial score (nSPS) is 26.7. The monoisotopic (exact) mass is 640 g/mol. The Bertz CT molecular complexity index is 1760. The molecule has 2 aliphatic rings. The summed E-state index contributed by atoms with van der Waals surface area (Å²) >= 11 is 0. The molecule has 1 saturated carbocycles. The first-order valence-electron chi connectivity index (χ1n) is 15.1. The first-order chi connectivity index (χ1) is 20.8. The van der Waals surface area contributed by atoms with E-state index in [9.17, 15) is 19.0 Å². The first-order valence-corrected chi connectivity index (χ1v) is 18.0. The summed E-state index contributed by atoms with van der Waals surface area (Å²) in [5.41, 5.74) is -0.843. The number of aromatic nitrogens is 4. The van der Waals surface area contributed by atoms with Crippen LogP contribution < -0.4 is 4.74 Å². The number of para-hydroxylation sites is 1. The summed E-state index contributed by atoms with van der Waals surface area (Å²) in [7, 11) is -2.27. The van der Waals surface area contributed by atoms with Crippen molar-refractivity contribution in [2.75, 3.05) is 0 Å². The quantitative estimate of drug-likeness (QED) is 0.209. The van der Waals surface area contributed by atoms with Crippen LogP contribution in [0.1, 0.15) is 82.6 Å². The van der Waals surface area contributed by atoms with Crippen LogP contribution in [-0.2, 0) is 15.6 Å². The molecule has 6 rings (SSSR count). The van der Waals surface area contributed by atoms with E-state index in [0.29, 0.717) is 41.2 Å². The Morgan fingerprint density at radius 2 is 1.71 bits per heavy atom. The maximum absolute atomic E-state index is 15.6. The number of nitrogens with zero attached hydrogens (tertiary/aromatic N) is 4. The number of rotatable bonds is 7. The van der Waals surface area contributed by atoms with Gasteiger partial charge in [0.1, 0.15) is 28.4 Å². The summed E-state index contributed by atoms with van der Waals surface area (Å²) in [5.74, 6) is -0.653. The molecule has 3 aromatic heterocycles. The molecule has 240 valence electrons. The number of fused-ring (bicyclic) bond motifs is 3. The Kier molecular flexibility index (Phi) is 7.28. The van der Waals surface area contributed by atoms with Crippen LogP contribution >= 0.6 is 0 Å². The predicted octanol–water partition coefficient (Wildman–Crippen LogP) is 7.04. The minimum Gasteiger partial charge on any atom is -0.435 e. The highest BCUT2D eigenvalue weighted by Gasteiger charge is 2.58. The van der Waals surface area contributed by atoms with Gasteiger partial charge in [-0.15, -0.1) is 0 Å². The molecule has 0 saturated heterocycles. The zero-order valence-corrected chi connectivity index (χ0v) is 27.5. The van der Waals surface area contributed by atoms with Crippen molar-refractivity contribution in [2.45, 2.75) is 101 Å². The van der Waals surface area contributed by atoms with Crippen LogP contribution in [0.3, 0.4) is 0 Å². The highest BCUT2D eigenvalue weighted by molar-refractivity contribution is 6.74. The molecule has 1 aromatic carbocycles. The molecule has 0 amide bonds. The van der Waals surface area contributed by atoms with Gasteiger partial charge in [-0.3, -0.25) is 0 Å². The minimum absolute atomic E-state index is 0.00578. The average Bonchev–Trinajstić information content (AvgIpc) is 3.40. The van der Waals surface area contributed by atoms with Gasteiger partial charge >= 0.3 is 6.61 Å². The number of benzene rings is 1. The van der Waals surface area contributed by atoms with E-state index in [1.807, 2.05) is 0 Å². The predicted molar refractivity (Wildman–Crippen MR) is 165 cm³/mol. The number of aliphatic hydroxyl groups is 2. The van der Waals surface area contributed by atoms with Crippen LogP contribution in [0.25, 0.3) is 16.8 Å². The molecule has 12 heteroatoms. The van der Waals surface area contributed by atoms with Crippen LogP contribution in [0.2, 0.25) is 18.1 Å². The van der Waals surface area contributed by atoms with Crippen LogP contribution in [0.4, 0.5) is 13.2 Å². The molecule has 2 aliphatic carbocycles. The van der Waals surface area contributed by atoms with Crippen LogP contribution in [-0.4, -0.2) is 50.1 Å². The zero-order valence-electron chi connectivity index (χ0n) is 26.5. The fourth-order valence-electron chi connectivity index (χ4n) is 6.64. The van der Waals surface area contributed by atoms with Crippen molar-refractivity contribution in [1.29, 1.82) is 0 Å². The van der Waals surface area contributed by atoms with Gasteiger partial charge in [0.15, 0.2) is 14.1 Å². The minimum atomic E-state index is -3.02. The molecule has 0 bridgehead atoms. The highest BCUT2D eigenvalue weighted by atomic mass is 28.4. The topological polar surface area (TPSA) is 102 Å². The van der Waals surface area contributed by atoms with Crippen LogP contribution in [0.15, 0.2) is 48.9 Å². The van der Waals surface area contributed by atoms with Gasteiger partial charge in [0.25, 0.3) is 0 Å². The summed E-state index contributed by atoms with van der Waals surface area (Å²) in [4.78, 5) is 13.8. The summed E-state index contributed by atoms with van der Waals surface area (Å²) in [6, 6.07) is 7.75. The van der Waals surface area contributed by atoms with Gasteiger partial charge < -0.3 is 23.8 Å². The second kappa shape index (κ2) is 10.3. The number of pyridine rings is 1. The Morgan fingerprint density at radius 1 is 1.07 bits per heavy atom. The molecule has 2 N–H and O–H groups in total. The molecule has 0 spiro atoms. The van der Waals surface area contributed by atoms with E-state index in [1.165, 1.54) is 12.1 Å². The fraction of sp³-hybridized carbons (Fsp3) is 0.485. The van der Waals surface area contributed by atoms with Gasteiger partial charge in [-0.05, 0) is 44.5 Å². The molecule has 8 nitrogen and oxygen atoms in total. The molecule has 1 unspecified atom stereocenters. The standard InChI is InChI=1S/C33H39F3N4O4Si/c1-30(2,3)45(6,7)44-33(17-31(4,41)18-33)28-37-14-19(15-38-28)22-16-40-25(12-23(22)34)39-27-26(40)21(13-32(27,5)42)20-10-8-9-11-24(20)43-29(35)36/h8-12,14-16,21,29,41-42H,13,17-18H2,1-7H3/t21-,31?,32?,33?/m1/s1. The third kappa shape index (κ3) is 5.45. The molecule has 0 radical (unpaired) electrons. The molecule has 4 aromatic rings. The van der Waals surface area contributed by atoms with E-state index in [4.69, 9.17) is 9.16 Å². The van der Waals surface area contributed by atoms with Crippen molar-refractivity contribution in [2.24, 2.45) is 0 Å². The van der Waals surface area contributed by atoms with Crippen molar-refractivity contribution in [3.8, 4) is 16.9 Å². The van der Waals surface area contributed by atoms with E-state index < -0.39 is 43.5 Å². The number of hydrogen-bond acceptors (Lipinski definition) is 7. The van der Waals surface area contributed by atoms with Gasteiger partial charge in [-0.2, -0.15) is 8.78 Å². The molecule has 45 heavy (non-hydrogen) atoms. The molecule has 0 aliphatic heterocycles. The van der Waals surface area contributed by atoms with Crippen molar-refractivity contribution < 1.29 is 32.5 Å². The summed E-state index contributed by atoms with van der Waals surface area (Å²) in [5, 5.41) is 21.9. The van der Waals surface area contributed by atoms with Gasteiger partial charge in [-0.1, -0.05) is 39.0 Å². The fourth-order valence-corrected chi connectivity index (χ4v) is 8.16. The maximum Gasteiger partial charge on any atom is 0.387 e. The number of imidazole rings is 1. The lowest BCUT2D eigenvalue weighted by Crippen LogP contribution is -2.60. The second-order valence-electron chi connectivity index (χ2n) is 14.6. The molecular formula is C33H39F3N4O4Si. The summed E-state index contributed by atoms with van der Waals surface area (Å²) < 4.78 is 55.4. The third-order valence-electron chi connectivity index (χ3n) is 9.66. The lowest BCUT2D eigenvalue weighted by Gasteiger charge is -2.55. The largest absolute Gasteiger partial charge is 0.435 e. The second-order valence-corrected chi connectivity index (χ2v) is 19.3. The first kappa shape index (κ1) is 31.7. The molecule has 3 heterocycles. The summed E-state index contributed by atoms with van der Waals surface area (Å²) in [6.07, 6.45) is 5.56. The van der Waals surface area contributed by atoms with Crippen molar-refractivity contribution >= 4 is 14.0 Å².